The fourth-order valence-electron chi connectivity index (χ4n) is 1.46. The lowest BCUT2D eigenvalue weighted by atomic mass is 9.87. The van der Waals surface area contributed by atoms with Gasteiger partial charge < -0.3 is 0 Å². The SMILES string of the molecule is CC(=CC(C)C)CC(C)(C)C. The van der Waals surface area contributed by atoms with Crippen LogP contribution in [0, 0.1) is 11.3 Å². The van der Waals surface area contributed by atoms with E-state index >= 15 is 0 Å². The molecule has 0 aromatic heterocycles. The minimum absolute atomic E-state index is 0.440. The Hall–Kier alpha value is -0.260. The summed E-state index contributed by atoms with van der Waals surface area (Å²) in [5, 5.41) is 0. The second-order valence-corrected chi connectivity index (χ2v) is 4.99. The first-order valence-corrected chi connectivity index (χ1v) is 4.48. The van der Waals surface area contributed by atoms with Crippen LogP contribution in [0.25, 0.3) is 0 Å². The molecule has 0 heteroatoms. The topological polar surface area (TPSA) is 0 Å². The van der Waals surface area contributed by atoms with Crippen molar-refractivity contribution in [3.8, 4) is 0 Å². The van der Waals surface area contributed by atoms with Crippen molar-refractivity contribution >= 4 is 0 Å². The molecule has 0 radical (unpaired) electrons. The molecular formula is C11H22. The van der Waals surface area contributed by atoms with Gasteiger partial charge in [-0.15, -0.1) is 0 Å². The molecule has 0 fully saturated rings. The first kappa shape index (κ1) is 10.7. The summed E-state index contributed by atoms with van der Waals surface area (Å²) in [5.41, 5.74) is 1.96. The zero-order chi connectivity index (χ0) is 9.07. The molecule has 0 unspecified atom stereocenters. The van der Waals surface area contributed by atoms with E-state index < -0.39 is 0 Å². The van der Waals surface area contributed by atoms with E-state index in [1.807, 2.05) is 0 Å². The van der Waals surface area contributed by atoms with Crippen LogP contribution in [-0.2, 0) is 0 Å². The molecule has 0 aromatic carbocycles. The lowest BCUT2D eigenvalue weighted by Gasteiger charge is -2.18. The summed E-state index contributed by atoms with van der Waals surface area (Å²) in [6.45, 7) is 13.5. The molecule has 0 saturated heterocycles. The third kappa shape index (κ3) is 7.64. The van der Waals surface area contributed by atoms with Crippen molar-refractivity contribution in [2.75, 3.05) is 0 Å². The Kier molecular flexibility index (Phi) is 3.85. The van der Waals surface area contributed by atoms with Crippen LogP contribution >= 0.6 is 0 Å². The molecule has 0 rings (SSSR count). The van der Waals surface area contributed by atoms with Crippen LogP contribution in [0.3, 0.4) is 0 Å². The summed E-state index contributed by atoms with van der Waals surface area (Å²) in [5.74, 6) is 0.692. The van der Waals surface area contributed by atoms with Crippen molar-refractivity contribution < 1.29 is 0 Å². The van der Waals surface area contributed by atoms with Gasteiger partial charge in [0.15, 0.2) is 0 Å². The molecule has 0 aliphatic carbocycles. The van der Waals surface area contributed by atoms with Crippen LogP contribution in [0.4, 0.5) is 0 Å². The zero-order valence-corrected chi connectivity index (χ0v) is 8.86. The Morgan fingerprint density at radius 3 is 2.00 bits per heavy atom. The largest absolute Gasteiger partial charge is 0.0830 e. The van der Waals surface area contributed by atoms with Gasteiger partial charge >= 0.3 is 0 Å². The highest BCUT2D eigenvalue weighted by atomic mass is 14.2. The predicted octanol–water partition coefficient (Wildman–Crippen LogP) is 4.02. The maximum absolute atomic E-state index is 2.35. The van der Waals surface area contributed by atoms with Crippen LogP contribution in [0.15, 0.2) is 11.6 Å². The van der Waals surface area contributed by atoms with E-state index in [2.05, 4.69) is 47.6 Å². The highest BCUT2D eigenvalue weighted by Gasteiger charge is 2.10. The molecule has 0 nitrogen and oxygen atoms in total. The van der Waals surface area contributed by atoms with Crippen molar-refractivity contribution in [2.24, 2.45) is 11.3 Å². The summed E-state index contributed by atoms with van der Waals surface area (Å²) in [4.78, 5) is 0. The molecule has 0 atom stereocenters. The third-order valence-corrected chi connectivity index (χ3v) is 1.43. The quantitative estimate of drug-likeness (QED) is 0.527. The highest BCUT2D eigenvalue weighted by Crippen LogP contribution is 2.24. The fraction of sp³-hybridized carbons (Fsp3) is 0.818. The zero-order valence-electron chi connectivity index (χ0n) is 8.86. The molecule has 0 amide bonds. The van der Waals surface area contributed by atoms with Crippen molar-refractivity contribution in [3.63, 3.8) is 0 Å². The molecule has 11 heavy (non-hydrogen) atoms. The van der Waals surface area contributed by atoms with Gasteiger partial charge in [0.05, 0.1) is 0 Å². The summed E-state index contributed by atoms with van der Waals surface area (Å²) in [6.07, 6.45) is 3.57. The van der Waals surface area contributed by atoms with Crippen LogP contribution in [0.5, 0.6) is 0 Å². The number of allylic oxidation sites excluding steroid dienone is 2. The maximum Gasteiger partial charge on any atom is -0.0274 e. The Morgan fingerprint density at radius 2 is 1.73 bits per heavy atom. The second-order valence-electron chi connectivity index (χ2n) is 4.99. The molecule has 0 aliphatic rings. The molecule has 0 bridgehead atoms. The van der Waals surface area contributed by atoms with E-state index in [9.17, 15) is 0 Å². The number of hydrogen-bond acceptors (Lipinski definition) is 0. The normalized spacial score (nSPS) is 14.3. The number of rotatable bonds is 2. The van der Waals surface area contributed by atoms with E-state index in [4.69, 9.17) is 0 Å². The first-order valence-electron chi connectivity index (χ1n) is 4.48. The van der Waals surface area contributed by atoms with Gasteiger partial charge in [-0.1, -0.05) is 46.3 Å². The van der Waals surface area contributed by atoms with E-state index in [0.717, 1.165) is 0 Å². The van der Waals surface area contributed by atoms with E-state index in [1.165, 1.54) is 12.0 Å². The Bertz CT molecular complexity index is 133. The minimum Gasteiger partial charge on any atom is -0.0830 e. The van der Waals surface area contributed by atoms with Gasteiger partial charge in [0.2, 0.25) is 0 Å². The smallest absolute Gasteiger partial charge is 0.0274 e. The van der Waals surface area contributed by atoms with Crippen molar-refractivity contribution in [1.82, 2.24) is 0 Å². The van der Waals surface area contributed by atoms with Crippen LogP contribution in [0.2, 0.25) is 0 Å². The lowest BCUT2D eigenvalue weighted by molar-refractivity contribution is 0.408. The van der Waals surface area contributed by atoms with E-state index in [-0.39, 0.29) is 0 Å². The molecule has 0 spiro atoms. The van der Waals surface area contributed by atoms with Gasteiger partial charge in [0, 0.05) is 0 Å². The van der Waals surface area contributed by atoms with Crippen LogP contribution < -0.4 is 0 Å². The molecule has 0 aromatic rings. The van der Waals surface area contributed by atoms with Crippen LogP contribution in [0.1, 0.15) is 48.0 Å². The maximum atomic E-state index is 2.35. The van der Waals surface area contributed by atoms with Gasteiger partial charge in [-0.05, 0) is 24.7 Å². The summed E-state index contributed by atoms with van der Waals surface area (Å²) in [6, 6.07) is 0. The minimum atomic E-state index is 0.440. The third-order valence-electron chi connectivity index (χ3n) is 1.43. The summed E-state index contributed by atoms with van der Waals surface area (Å²) >= 11 is 0. The Balaban J connectivity index is 3.97. The Labute approximate surface area is 71.7 Å². The highest BCUT2D eigenvalue weighted by molar-refractivity contribution is 5.01. The van der Waals surface area contributed by atoms with Crippen molar-refractivity contribution in [2.45, 2.75) is 48.0 Å². The number of hydrogen-bond donors (Lipinski definition) is 0. The summed E-state index contributed by atoms with van der Waals surface area (Å²) < 4.78 is 0. The predicted molar refractivity (Wildman–Crippen MR) is 52.7 cm³/mol. The van der Waals surface area contributed by atoms with Gasteiger partial charge in [0.1, 0.15) is 0 Å². The second kappa shape index (κ2) is 3.94. The molecule has 0 N–H and O–H groups in total. The molecular weight excluding hydrogens is 132 g/mol. The monoisotopic (exact) mass is 154 g/mol. The molecule has 66 valence electrons. The van der Waals surface area contributed by atoms with Crippen LogP contribution in [-0.4, -0.2) is 0 Å². The Morgan fingerprint density at radius 1 is 1.27 bits per heavy atom. The van der Waals surface area contributed by atoms with Gasteiger partial charge in [-0.25, -0.2) is 0 Å². The van der Waals surface area contributed by atoms with Gasteiger partial charge in [-0.2, -0.15) is 0 Å². The van der Waals surface area contributed by atoms with Crippen molar-refractivity contribution in [1.29, 1.82) is 0 Å². The average Bonchev–Trinajstić information content (AvgIpc) is 1.53. The lowest BCUT2D eigenvalue weighted by Crippen LogP contribution is -2.05. The van der Waals surface area contributed by atoms with Gasteiger partial charge in [-0.3, -0.25) is 0 Å². The van der Waals surface area contributed by atoms with E-state index in [1.54, 1.807) is 0 Å². The molecule has 0 aliphatic heterocycles. The van der Waals surface area contributed by atoms with E-state index in [0.29, 0.717) is 11.3 Å². The first-order chi connectivity index (χ1) is 4.81. The standard InChI is InChI=1S/C11H22/c1-9(2)7-10(3)8-11(4,5)6/h7,9H,8H2,1-6H3. The van der Waals surface area contributed by atoms with Crippen molar-refractivity contribution in [3.05, 3.63) is 11.6 Å². The molecule has 0 heterocycles. The van der Waals surface area contributed by atoms with Gasteiger partial charge in [0.25, 0.3) is 0 Å². The fourth-order valence-corrected chi connectivity index (χ4v) is 1.46. The summed E-state index contributed by atoms with van der Waals surface area (Å²) in [7, 11) is 0. The average molecular weight is 154 g/mol. The molecule has 0 saturated carbocycles.